The van der Waals surface area contributed by atoms with Crippen LogP contribution in [0.5, 0.6) is 0 Å². The molecule has 0 aromatic heterocycles. The zero-order valence-electron chi connectivity index (χ0n) is 11.8. The van der Waals surface area contributed by atoms with E-state index in [-0.39, 0.29) is 0 Å². The van der Waals surface area contributed by atoms with Gasteiger partial charge in [0, 0.05) is 35.0 Å². The molecule has 5 nitrogen and oxygen atoms in total. The lowest BCUT2D eigenvalue weighted by Gasteiger charge is -2.25. The normalized spacial score (nSPS) is 23.6. The first-order valence-electron chi connectivity index (χ1n) is 7.23. The van der Waals surface area contributed by atoms with Crippen LogP contribution in [0, 0.1) is 0 Å². The quantitative estimate of drug-likeness (QED) is 0.629. The number of para-hydroxylation sites is 1. The molecule has 1 aromatic carbocycles. The molecule has 1 atom stereocenters. The van der Waals surface area contributed by atoms with Gasteiger partial charge < -0.3 is 21.7 Å². The topological polar surface area (TPSA) is 74.5 Å². The molecule has 2 aliphatic rings. The average molecular weight is 350 g/mol. The van der Waals surface area contributed by atoms with Crippen LogP contribution in [0.4, 0.5) is 11.4 Å². The number of halogens is 1. The average Bonchev–Trinajstić information content (AvgIpc) is 3.02. The molecular formula is C15H20BrN5. The molecule has 0 aliphatic carbocycles. The zero-order valence-corrected chi connectivity index (χ0v) is 13.4. The van der Waals surface area contributed by atoms with E-state index < -0.39 is 0 Å². The van der Waals surface area contributed by atoms with Gasteiger partial charge in [0.2, 0.25) is 0 Å². The Balaban J connectivity index is 1.82. The van der Waals surface area contributed by atoms with Crippen molar-refractivity contribution in [2.24, 2.45) is 10.7 Å². The van der Waals surface area contributed by atoms with Crippen molar-refractivity contribution in [1.82, 2.24) is 5.32 Å². The highest BCUT2D eigenvalue weighted by atomic mass is 79.9. The first-order valence-corrected chi connectivity index (χ1v) is 8.02. The molecule has 0 spiro atoms. The predicted octanol–water partition coefficient (Wildman–Crippen LogP) is 1.93. The van der Waals surface area contributed by atoms with Gasteiger partial charge in [-0.25, -0.2) is 0 Å². The van der Waals surface area contributed by atoms with Gasteiger partial charge in [0.1, 0.15) is 0 Å². The van der Waals surface area contributed by atoms with Crippen molar-refractivity contribution in [3.63, 3.8) is 0 Å². The molecule has 1 fully saturated rings. The summed E-state index contributed by atoms with van der Waals surface area (Å²) in [6, 6.07) is 6.48. The first-order chi connectivity index (χ1) is 10.3. The molecule has 112 valence electrons. The van der Waals surface area contributed by atoms with Crippen LogP contribution in [0.3, 0.4) is 0 Å². The summed E-state index contributed by atoms with van der Waals surface area (Å²) in [6.45, 7) is 3.23. The lowest BCUT2D eigenvalue weighted by Crippen LogP contribution is -2.24. The van der Waals surface area contributed by atoms with E-state index in [4.69, 9.17) is 5.73 Å². The van der Waals surface area contributed by atoms with E-state index in [1.165, 1.54) is 0 Å². The summed E-state index contributed by atoms with van der Waals surface area (Å²) in [6.07, 6.45) is 3.03. The fourth-order valence-corrected chi connectivity index (χ4v) is 3.05. The first kappa shape index (κ1) is 14.6. The van der Waals surface area contributed by atoms with Crippen LogP contribution < -0.4 is 21.7 Å². The number of aliphatic imine (C=N–C) groups is 1. The maximum absolute atomic E-state index is 5.90. The summed E-state index contributed by atoms with van der Waals surface area (Å²) in [5.74, 6) is 0. The fourth-order valence-electron chi connectivity index (χ4n) is 2.59. The van der Waals surface area contributed by atoms with Crippen molar-refractivity contribution in [1.29, 1.82) is 0 Å². The fraction of sp³-hybridized carbons (Fsp3) is 0.400. The number of hydrogen-bond donors (Lipinski definition) is 4. The number of nitrogens with two attached hydrogens (primary N) is 1. The van der Waals surface area contributed by atoms with Crippen LogP contribution in [0.25, 0.3) is 0 Å². The van der Waals surface area contributed by atoms with Gasteiger partial charge in [-0.15, -0.1) is 0 Å². The molecule has 0 bridgehead atoms. The zero-order chi connectivity index (χ0) is 14.7. The van der Waals surface area contributed by atoms with Crippen LogP contribution in [0.1, 0.15) is 6.42 Å². The number of fused-ring (bicyclic) bond motifs is 1. The van der Waals surface area contributed by atoms with E-state index in [1.807, 2.05) is 18.3 Å². The molecule has 1 unspecified atom stereocenters. The van der Waals surface area contributed by atoms with Gasteiger partial charge in [0.25, 0.3) is 0 Å². The second kappa shape index (κ2) is 6.60. The number of hydrogen-bond acceptors (Lipinski definition) is 5. The van der Waals surface area contributed by atoms with Gasteiger partial charge in [0.05, 0.1) is 24.0 Å². The van der Waals surface area contributed by atoms with Gasteiger partial charge in [-0.3, -0.25) is 4.99 Å². The number of anilines is 2. The van der Waals surface area contributed by atoms with E-state index in [0.717, 1.165) is 53.2 Å². The van der Waals surface area contributed by atoms with Crippen LogP contribution in [0.2, 0.25) is 0 Å². The molecule has 6 heteroatoms. The number of benzene rings is 1. The minimum Gasteiger partial charge on any atom is -0.378 e. The highest BCUT2D eigenvalue weighted by Crippen LogP contribution is 2.34. The van der Waals surface area contributed by atoms with Gasteiger partial charge in [-0.2, -0.15) is 0 Å². The molecule has 0 radical (unpaired) electrons. The summed E-state index contributed by atoms with van der Waals surface area (Å²) in [4.78, 5) is 4.64. The minimum atomic E-state index is 0.378. The van der Waals surface area contributed by atoms with Crippen LogP contribution >= 0.6 is 15.9 Å². The van der Waals surface area contributed by atoms with Crippen LogP contribution in [-0.4, -0.2) is 38.4 Å². The second-order valence-corrected chi connectivity index (χ2v) is 6.13. The Kier molecular flexibility index (Phi) is 4.57. The molecule has 1 aromatic rings. The van der Waals surface area contributed by atoms with Crippen molar-refractivity contribution in [2.45, 2.75) is 12.5 Å². The molecule has 0 saturated carbocycles. The van der Waals surface area contributed by atoms with Crippen molar-refractivity contribution in [3.8, 4) is 0 Å². The molecule has 1 saturated heterocycles. The van der Waals surface area contributed by atoms with Crippen molar-refractivity contribution in [2.75, 3.05) is 36.8 Å². The Morgan fingerprint density at radius 3 is 3.14 bits per heavy atom. The van der Waals surface area contributed by atoms with E-state index in [0.29, 0.717) is 12.6 Å². The van der Waals surface area contributed by atoms with Crippen molar-refractivity contribution < 1.29 is 0 Å². The van der Waals surface area contributed by atoms with E-state index >= 15 is 0 Å². The molecule has 2 aliphatic heterocycles. The predicted molar refractivity (Wildman–Crippen MR) is 92.1 cm³/mol. The second-order valence-electron chi connectivity index (χ2n) is 5.27. The Bertz CT molecular complexity index is 575. The highest BCUT2D eigenvalue weighted by molar-refractivity contribution is 9.10. The summed E-state index contributed by atoms with van der Waals surface area (Å²) >= 11 is 3.58. The van der Waals surface area contributed by atoms with Gasteiger partial charge in [-0.05, 0) is 41.0 Å². The lowest BCUT2D eigenvalue weighted by molar-refractivity contribution is 0.747. The summed E-state index contributed by atoms with van der Waals surface area (Å²) in [5, 5.41) is 10.2. The third kappa shape index (κ3) is 3.28. The maximum atomic E-state index is 5.90. The van der Waals surface area contributed by atoms with Gasteiger partial charge >= 0.3 is 0 Å². The van der Waals surface area contributed by atoms with E-state index in [1.54, 1.807) is 0 Å². The van der Waals surface area contributed by atoms with E-state index in [2.05, 4.69) is 42.9 Å². The third-order valence-electron chi connectivity index (χ3n) is 3.83. The molecular weight excluding hydrogens is 330 g/mol. The molecule has 2 heterocycles. The molecule has 3 rings (SSSR count). The van der Waals surface area contributed by atoms with Gasteiger partial charge in [-0.1, -0.05) is 6.07 Å². The Hall–Kier alpha value is -1.37. The third-order valence-corrected chi connectivity index (χ3v) is 4.49. The van der Waals surface area contributed by atoms with Crippen LogP contribution in [-0.2, 0) is 0 Å². The molecule has 21 heavy (non-hydrogen) atoms. The maximum Gasteiger partial charge on any atom is 0.0762 e. The van der Waals surface area contributed by atoms with E-state index in [9.17, 15) is 0 Å². The smallest absolute Gasteiger partial charge is 0.0762 e. The SMILES string of the molecule is NCC(C=NC1CCNC1)=C1CNc2cccc(Br)c2N1. The van der Waals surface area contributed by atoms with Gasteiger partial charge in [0.15, 0.2) is 0 Å². The standard InChI is InChI=1S/C15H20BrN5/c16-12-2-1-3-13-15(12)21-14(9-20-13)10(6-17)7-19-11-4-5-18-8-11/h1-3,7,11,18,20-21H,4-6,8-9,17H2. The summed E-state index contributed by atoms with van der Waals surface area (Å²) in [5.41, 5.74) is 10.2. The largest absolute Gasteiger partial charge is 0.378 e. The monoisotopic (exact) mass is 349 g/mol. The summed E-state index contributed by atoms with van der Waals surface area (Å²) in [7, 11) is 0. The molecule has 5 N–H and O–H groups in total. The number of nitrogens with zero attached hydrogens (tertiary/aromatic N) is 1. The Morgan fingerprint density at radius 2 is 2.38 bits per heavy atom. The Morgan fingerprint density at radius 1 is 1.48 bits per heavy atom. The highest BCUT2D eigenvalue weighted by Gasteiger charge is 2.17. The lowest BCUT2D eigenvalue weighted by atomic mass is 10.1. The summed E-state index contributed by atoms with van der Waals surface area (Å²) < 4.78 is 1.04. The Labute approximate surface area is 133 Å². The molecule has 0 amide bonds. The minimum absolute atomic E-state index is 0.378. The number of nitrogens with one attached hydrogen (secondary N) is 3. The number of rotatable bonds is 3. The van der Waals surface area contributed by atoms with Crippen LogP contribution in [0.15, 0.2) is 38.9 Å². The van der Waals surface area contributed by atoms with Crippen molar-refractivity contribution >= 4 is 33.5 Å². The van der Waals surface area contributed by atoms with Crippen molar-refractivity contribution in [3.05, 3.63) is 33.9 Å².